The summed E-state index contributed by atoms with van der Waals surface area (Å²) in [4.78, 5) is 23.8. The average molecular weight is 326 g/mol. The minimum atomic E-state index is -0.487. The van der Waals surface area contributed by atoms with Crippen LogP contribution in [0.25, 0.3) is 0 Å². The highest BCUT2D eigenvalue weighted by Gasteiger charge is 2.11. The molecule has 3 rings (SSSR count). The third-order valence-corrected chi connectivity index (χ3v) is 3.15. The van der Waals surface area contributed by atoms with E-state index in [4.69, 9.17) is 13.7 Å². The molecule has 0 radical (unpaired) electrons. The van der Waals surface area contributed by atoms with E-state index in [2.05, 4.69) is 10.5 Å². The van der Waals surface area contributed by atoms with E-state index in [0.717, 1.165) is 0 Å². The summed E-state index contributed by atoms with van der Waals surface area (Å²) in [5, 5.41) is 6.41. The number of furan rings is 1. The largest absolute Gasteiger partial charge is 0.459 e. The fourth-order valence-corrected chi connectivity index (χ4v) is 2.00. The molecule has 0 unspecified atom stereocenters. The van der Waals surface area contributed by atoms with Crippen LogP contribution in [0.5, 0.6) is 0 Å². The predicted octanol–water partition coefficient (Wildman–Crippen LogP) is 3.19. The van der Waals surface area contributed by atoms with Crippen LogP contribution in [0.15, 0.2) is 57.7 Å². The summed E-state index contributed by atoms with van der Waals surface area (Å²) in [7, 11) is 0. The maximum Gasteiger partial charge on any atom is 0.338 e. The highest BCUT2D eigenvalue weighted by Crippen LogP contribution is 2.13. The number of nitrogens with zero attached hydrogens (tertiary/aromatic N) is 1. The van der Waals surface area contributed by atoms with Crippen LogP contribution in [0.1, 0.15) is 32.4 Å². The smallest absolute Gasteiger partial charge is 0.338 e. The van der Waals surface area contributed by atoms with Crippen LogP contribution in [0.4, 0.5) is 5.69 Å². The van der Waals surface area contributed by atoms with Crippen LogP contribution >= 0.6 is 0 Å². The van der Waals surface area contributed by atoms with Gasteiger partial charge in [-0.3, -0.25) is 4.79 Å². The van der Waals surface area contributed by atoms with Crippen molar-refractivity contribution >= 4 is 17.6 Å². The van der Waals surface area contributed by atoms with Gasteiger partial charge in [0.1, 0.15) is 18.1 Å². The number of nitrogens with one attached hydrogen (secondary N) is 1. The molecule has 0 fully saturated rings. The molecule has 7 nitrogen and oxygen atoms in total. The monoisotopic (exact) mass is 326 g/mol. The van der Waals surface area contributed by atoms with Gasteiger partial charge in [0.15, 0.2) is 5.76 Å². The SMILES string of the molecule is Cc1cc(COC(=O)c2ccc(NC(=O)c3ccco3)cc2)no1. The third kappa shape index (κ3) is 3.70. The fraction of sp³-hybridized carbons (Fsp3) is 0.118. The Morgan fingerprint density at radius 3 is 2.62 bits per heavy atom. The lowest BCUT2D eigenvalue weighted by atomic mass is 10.2. The molecular formula is C17H14N2O5. The molecule has 1 N–H and O–H groups in total. The lowest BCUT2D eigenvalue weighted by Crippen LogP contribution is -2.11. The number of benzene rings is 1. The van der Waals surface area contributed by atoms with E-state index < -0.39 is 5.97 Å². The molecule has 0 spiro atoms. The molecule has 0 aliphatic carbocycles. The Labute approximate surface area is 137 Å². The number of amides is 1. The highest BCUT2D eigenvalue weighted by atomic mass is 16.5. The van der Waals surface area contributed by atoms with Gasteiger partial charge in [-0.2, -0.15) is 0 Å². The van der Waals surface area contributed by atoms with Crippen LogP contribution < -0.4 is 5.32 Å². The lowest BCUT2D eigenvalue weighted by molar-refractivity contribution is 0.0464. The molecule has 0 bridgehead atoms. The van der Waals surface area contributed by atoms with E-state index >= 15 is 0 Å². The van der Waals surface area contributed by atoms with Crippen molar-refractivity contribution in [2.24, 2.45) is 0 Å². The Kier molecular flexibility index (Phi) is 4.42. The van der Waals surface area contributed by atoms with Crippen LogP contribution in [-0.2, 0) is 11.3 Å². The van der Waals surface area contributed by atoms with Crippen LogP contribution in [0.3, 0.4) is 0 Å². The van der Waals surface area contributed by atoms with Gasteiger partial charge < -0.3 is 19.0 Å². The summed E-state index contributed by atoms with van der Waals surface area (Å²) in [5.41, 5.74) is 1.45. The van der Waals surface area contributed by atoms with E-state index in [1.54, 1.807) is 49.4 Å². The number of anilines is 1. The summed E-state index contributed by atoms with van der Waals surface area (Å²) in [6, 6.07) is 11.2. The summed E-state index contributed by atoms with van der Waals surface area (Å²) in [5.74, 6) is 0.00962. The number of esters is 1. The molecule has 1 aromatic carbocycles. The predicted molar refractivity (Wildman–Crippen MR) is 83.5 cm³/mol. The van der Waals surface area contributed by atoms with Gasteiger partial charge in [-0.25, -0.2) is 4.79 Å². The van der Waals surface area contributed by atoms with Crippen LogP contribution in [-0.4, -0.2) is 17.0 Å². The first-order valence-corrected chi connectivity index (χ1v) is 7.16. The average Bonchev–Trinajstić information content (AvgIpc) is 3.25. The molecule has 3 aromatic rings. The van der Waals surface area contributed by atoms with E-state index in [0.29, 0.717) is 22.7 Å². The molecule has 122 valence electrons. The van der Waals surface area contributed by atoms with Crippen molar-refractivity contribution in [3.05, 3.63) is 71.5 Å². The summed E-state index contributed by atoms with van der Waals surface area (Å²) in [6.07, 6.45) is 1.42. The molecule has 0 saturated heterocycles. The molecule has 0 aliphatic rings. The van der Waals surface area contributed by atoms with Gasteiger partial charge in [-0.1, -0.05) is 5.16 Å². The van der Waals surface area contributed by atoms with Gasteiger partial charge in [-0.15, -0.1) is 0 Å². The number of hydrogen-bond acceptors (Lipinski definition) is 6. The molecule has 1 amide bonds. The van der Waals surface area contributed by atoms with Crippen molar-refractivity contribution in [3.63, 3.8) is 0 Å². The van der Waals surface area contributed by atoms with E-state index in [1.165, 1.54) is 6.26 Å². The minimum Gasteiger partial charge on any atom is -0.459 e. The Bertz CT molecular complexity index is 834. The number of aryl methyl sites for hydroxylation is 1. The normalized spacial score (nSPS) is 10.4. The van der Waals surface area contributed by atoms with Gasteiger partial charge in [0.05, 0.1) is 11.8 Å². The quantitative estimate of drug-likeness (QED) is 0.724. The first-order valence-electron chi connectivity index (χ1n) is 7.16. The van der Waals surface area contributed by atoms with E-state index in [1.807, 2.05) is 0 Å². The number of carbonyl (C=O) groups excluding carboxylic acids is 2. The lowest BCUT2D eigenvalue weighted by Gasteiger charge is -2.05. The number of ether oxygens (including phenoxy) is 1. The maximum atomic E-state index is 12.0. The number of rotatable bonds is 5. The van der Waals surface area contributed by atoms with Crippen molar-refractivity contribution in [2.45, 2.75) is 13.5 Å². The summed E-state index contributed by atoms with van der Waals surface area (Å²) < 4.78 is 15.0. The Morgan fingerprint density at radius 1 is 1.21 bits per heavy atom. The summed E-state index contributed by atoms with van der Waals surface area (Å²) in [6.45, 7) is 1.79. The Morgan fingerprint density at radius 2 is 2.00 bits per heavy atom. The first kappa shape index (κ1) is 15.5. The molecule has 0 saturated carbocycles. The Hall–Kier alpha value is -3.35. The zero-order valence-electron chi connectivity index (χ0n) is 12.8. The third-order valence-electron chi connectivity index (χ3n) is 3.15. The second-order valence-electron chi connectivity index (χ2n) is 5.01. The molecule has 0 aliphatic heterocycles. The zero-order valence-corrected chi connectivity index (χ0v) is 12.8. The molecule has 7 heteroatoms. The second-order valence-corrected chi connectivity index (χ2v) is 5.01. The number of hydrogen-bond donors (Lipinski definition) is 1. The van der Waals surface area contributed by atoms with Gasteiger partial charge in [-0.05, 0) is 43.3 Å². The first-order chi connectivity index (χ1) is 11.6. The van der Waals surface area contributed by atoms with E-state index in [9.17, 15) is 9.59 Å². The molecule has 24 heavy (non-hydrogen) atoms. The molecular weight excluding hydrogens is 312 g/mol. The van der Waals surface area contributed by atoms with Gasteiger partial charge >= 0.3 is 5.97 Å². The van der Waals surface area contributed by atoms with Gasteiger partial charge in [0.2, 0.25) is 0 Å². The zero-order chi connectivity index (χ0) is 16.9. The summed E-state index contributed by atoms with van der Waals surface area (Å²) >= 11 is 0. The topological polar surface area (TPSA) is 94.6 Å². The van der Waals surface area contributed by atoms with Crippen molar-refractivity contribution in [1.29, 1.82) is 0 Å². The van der Waals surface area contributed by atoms with Crippen LogP contribution in [0.2, 0.25) is 0 Å². The second kappa shape index (κ2) is 6.82. The van der Waals surface area contributed by atoms with Gasteiger partial charge in [0, 0.05) is 11.8 Å². The van der Waals surface area contributed by atoms with E-state index in [-0.39, 0.29) is 18.3 Å². The van der Waals surface area contributed by atoms with Crippen LogP contribution in [0, 0.1) is 6.92 Å². The number of aromatic nitrogens is 1. The maximum absolute atomic E-state index is 12.0. The highest BCUT2D eigenvalue weighted by molar-refractivity contribution is 6.02. The van der Waals surface area contributed by atoms with Gasteiger partial charge in [0.25, 0.3) is 5.91 Å². The molecule has 2 aromatic heterocycles. The molecule has 0 atom stereocenters. The minimum absolute atomic E-state index is 0.0349. The van der Waals surface area contributed by atoms with Crippen molar-refractivity contribution < 1.29 is 23.3 Å². The molecule has 2 heterocycles. The van der Waals surface area contributed by atoms with Crippen molar-refractivity contribution in [1.82, 2.24) is 5.16 Å². The van der Waals surface area contributed by atoms with Crippen molar-refractivity contribution in [3.8, 4) is 0 Å². The van der Waals surface area contributed by atoms with Crippen molar-refractivity contribution in [2.75, 3.05) is 5.32 Å². The Balaban J connectivity index is 1.57. The standard InChI is InChI=1S/C17H14N2O5/c1-11-9-14(19-24-11)10-23-17(21)12-4-6-13(7-5-12)18-16(20)15-3-2-8-22-15/h2-9H,10H2,1H3,(H,18,20). The fourth-order valence-electron chi connectivity index (χ4n) is 2.00. The number of carbonyl (C=O) groups is 2.